The van der Waals surface area contributed by atoms with Gasteiger partial charge in [-0.25, -0.2) is 4.39 Å². The van der Waals surface area contributed by atoms with Crippen molar-refractivity contribution in [1.29, 1.82) is 0 Å². The van der Waals surface area contributed by atoms with Crippen molar-refractivity contribution in [1.82, 2.24) is 4.90 Å². The van der Waals surface area contributed by atoms with Gasteiger partial charge in [0.1, 0.15) is 11.6 Å². The van der Waals surface area contributed by atoms with Crippen molar-refractivity contribution in [3.05, 3.63) is 24.0 Å². The van der Waals surface area contributed by atoms with Gasteiger partial charge in [-0.2, -0.15) is 0 Å². The predicted octanol–water partition coefficient (Wildman–Crippen LogP) is 1.22. The first-order chi connectivity index (χ1) is 10.1. The fraction of sp³-hybridized carbons (Fsp3) is 0.533. The highest BCUT2D eigenvalue weighted by molar-refractivity contribution is 5.81. The van der Waals surface area contributed by atoms with E-state index in [9.17, 15) is 9.18 Å². The Hall–Kier alpha value is -1.82. The molecule has 2 N–H and O–H groups in total. The first-order valence-electron chi connectivity index (χ1n) is 7.19. The largest absolute Gasteiger partial charge is 0.494 e. The fourth-order valence-corrected chi connectivity index (χ4v) is 2.49. The van der Waals surface area contributed by atoms with E-state index in [1.807, 2.05) is 6.92 Å². The molecule has 0 radical (unpaired) electrons. The second-order valence-electron chi connectivity index (χ2n) is 5.14. The lowest BCUT2D eigenvalue weighted by Crippen LogP contribution is -2.53. The third kappa shape index (κ3) is 3.44. The van der Waals surface area contributed by atoms with Crippen LogP contribution < -0.4 is 15.4 Å². The van der Waals surface area contributed by atoms with Crippen molar-refractivity contribution < 1.29 is 13.9 Å². The Morgan fingerprint density at radius 2 is 2.05 bits per heavy atom. The molecule has 1 amide bonds. The van der Waals surface area contributed by atoms with Crippen molar-refractivity contribution in [2.75, 3.05) is 38.2 Å². The van der Waals surface area contributed by atoms with Crippen LogP contribution in [0.3, 0.4) is 0 Å². The van der Waals surface area contributed by atoms with Crippen LogP contribution in [0.1, 0.15) is 13.3 Å². The molecule has 2 rings (SSSR count). The summed E-state index contributed by atoms with van der Waals surface area (Å²) >= 11 is 0. The van der Waals surface area contributed by atoms with E-state index in [2.05, 4.69) is 4.90 Å². The number of rotatable bonds is 4. The second kappa shape index (κ2) is 6.76. The molecule has 1 saturated heterocycles. The average molecular weight is 295 g/mol. The Morgan fingerprint density at radius 1 is 1.38 bits per heavy atom. The predicted molar refractivity (Wildman–Crippen MR) is 80.0 cm³/mol. The van der Waals surface area contributed by atoms with Crippen LogP contribution in [0, 0.1) is 5.82 Å². The van der Waals surface area contributed by atoms with Crippen molar-refractivity contribution in [2.24, 2.45) is 5.73 Å². The molecule has 1 aromatic carbocycles. The van der Waals surface area contributed by atoms with E-state index < -0.39 is 6.04 Å². The molecule has 21 heavy (non-hydrogen) atoms. The lowest BCUT2D eigenvalue weighted by atomic mass is 10.1. The quantitative estimate of drug-likeness (QED) is 0.907. The highest BCUT2D eigenvalue weighted by Crippen LogP contribution is 2.29. The van der Waals surface area contributed by atoms with Gasteiger partial charge >= 0.3 is 0 Å². The normalized spacial score (nSPS) is 16.8. The summed E-state index contributed by atoms with van der Waals surface area (Å²) in [5.41, 5.74) is 6.64. The van der Waals surface area contributed by atoms with Crippen LogP contribution >= 0.6 is 0 Å². The molecule has 5 nitrogen and oxygen atoms in total. The molecular formula is C15H22FN3O2. The van der Waals surface area contributed by atoms with Crippen molar-refractivity contribution in [3.63, 3.8) is 0 Å². The summed E-state index contributed by atoms with van der Waals surface area (Å²) < 4.78 is 18.5. The van der Waals surface area contributed by atoms with Crippen LogP contribution in [-0.4, -0.2) is 50.1 Å². The maximum Gasteiger partial charge on any atom is 0.239 e. The molecule has 1 aliphatic heterocycles. The molecule has 0 spiro atoms. The van der Waals surface area contributed by atoms with Crippen molar-refractivity contribution in [3.8, 4) is 5.75 Å². The van der Waals surface area contributed by atoms with Crippen LogP contribution in [0.15, 0.2) is 18.2 Å². The number of ether oxygens (including phenoxy) is 1. The number of nitrogens with two attached hydrogens (primary N) is 1. The minimum absolute atomic E-state index is 0.00298. The van der Waals surface area contributed by atoms with E-state index in [4.69, 9.17) is 10.5 Å². The fourth-order valence-electron chi connectivity index (χ4n) is 2.49. The maximum absolute atomic E-state index is 13.2. The van der Waals surface area contributed by atoms with E-state index >= 15 is 0 Å². The third-order valence-corrected chi connectivity index (χ3v) is 3.83. The van der Waals surface area contributed by atoms with Gasteiger partial charge in [0.05, 0.1) is 18.8 Å². The molecule has 1 atom stereocenters. The zero-order valence-electron chi connectivity index (χ0n) is 12.5. The van der Waals surface area contributed by atoms with E-state index in [1.54, 1.807) is 11.0 Å². The number of carbonyl (C=O) groups excluding carboxylic acids is 1. The van der Waals surface area contributed by atoms with Gasteiger partial charge in [-0.05, 0) is 18.6 Å². The van der Waals surface area contributed by atoms with Gasteiger partial charge in [-0.3, -0.25) is 4.79 Å². The highest BCUT2D eigenvalue weighted by atomic mass is 19.1. The number of hydrogen-bond donors (Lipinski definition) is 1. The minimum atomic E-state index is -0.420. The molecule has 6 heteroatoms. The molecule has 0 aromatic heterocycles. The summed E-state index contributed by atoms with van der Waals surface area (Å²) in [5.74, 6) is 0.196. The second-order valence-corrected chi connectivity index (χ2v) is 5.14. The number of nitrogens with zero attached hydrogens (tertiary/aromatic N) is 2. The molecule has 116 valence electrons. The third-order valence-electron chi connectivity index (χ3n) is 3.83. The summed E-state index contributed by atoms with van der Waals surface area (Å²) in [6.45, 7) is 4.51. The lowest BCUT2D eigenvalue weighted by Gasteiger charge is -2.37. The minimum Gasteiger partial charge on any atom is -0.494 e. The van der Waals surface area contributed by atoms with Gasteiger partial charge in [-0.15, -0.1) is 0 Å². The highest BCUT2D eigenvalue weighted by Gasteiger charge is 2.25. The first-order valence-corrected chi connectivity index (χ1v) is 7.19. The topological polar surface area (TPSA) is 58.8 Å². The Morgan fingerprint density at radius 3 is 2.62 bits per heavy atom. The van der Waals surface area contributed by atoms with Crippen LogP contribution in [-0.2, 0) is 4.79 Å². The molecule has 1 fully saturated rings. The number of methoxy groups -OCH3 is 1. The van der Waals surface area contributed by atoms with Crippen LogP contribution in [0.4, 0.5) is 10.1 Å². The summed E-state index contributed by atoms with van der Waals surface area (Å²) in [7, 11) is 1.53. The number of anilines is 1. The van der Waals surface area contributed by atoms with E-state index in [-0.39, 0.29) is 11.7 Å². The smallest absolute Gasteiger partial charge is 0.239 e. The SMILES string of the molecule is CC[C@H](N)C(=O)N1CCN(c2ccc(F)cc2OC)CC1. The van der Waals surface area contributed by atoms with Crippen LogP contribution in [0.25, 0.3) is 0 Å². The summed E-state index contributed by atoms with van der Waals surface area (Å²) in [6, 6.07) is 4.09. The molecule has 0 aliphatic carbocycles. The van der Waals surface area contributed by atoms with Crippen LogP contribution in [0.2, 0.25) is 0 Å². The van der Waals surface area contributed by atoms with Gasteiger partial charge in [0.15, 0.2) is 0 Å². The van der Waals surface area contributed by atoms with Gasteiger partial charge in [0.2, 0.25) is 5.91 Å². The van der Waals surface area contributed by atoms with E-state index in [0.717, 1.165) is 5.69 Å². The van der Waals surface area contributed by atoms with Gasteiger partial charge < -0.3 is 20.3 Å². The number of carbonyl (C=O) groups is 1. The van der Waals surface area contributed by atoms with E-state index in [0.29, 0.717) is 38.3 Å². The van der Waals surface area contributed by atoms with Gasteiger partial charge in [0.25, 0.3) is 0 Å². The number of piperazine rings is 1. The number of benzene rings is 1. The van der Waals surface area contributed by atoms with Crippen molar-refractivity contribution in [2.45, 2.75) is 19.4 Å². The van der Waals surface area contributed by atoms with Gasteiger partial charge in [-0.1, -0.05) is 6.92 Å². The number of amides is 1. The Bertz CT molecular complexity index is 502. The van der Waals surface area contributed by atoms with E-state index in [1.165, 1.54) is 19.2 Å². The number of hydrogen-bond acceptors (Lipinski definition) is 4. The zero-order chi connectivity index (χ0) is 15.4. The molecule has 1 aliphatic rings. The van der Waals surface area contributed by atoms with Crippen molar-refractivity contribution >= 4 is 11.6 Å². The summed E-state index contributed by atoms with van der Waals surface area (Å²) in [4.78, 5) is 15.9. The monoisotopic (exact) mass is 295 g/mol. The molecule has 0 saturated carbocycles. The lowest BCUT2D eigenvalue weighted by molar-refractivity contribution is -0.132. The maximum atomic E-state index is 13.2. The summed E-state index contributed by atoms with van der Waals surface area (Å²) in [5, 5.41) is 0. The molecule has 0 unspecified atom stereocenters. The summed E-state index contributed by atoms with van der Waals surface area (Å²) in [6.07, 6.45) is 0.644. The first kappa shape index (κ1) is 15.6. The Labute approximate surface area is 124 Å². The molecule has 0 bridgehead atoms. The molecule has 1 heterocycles. The standard InChI is InChI=1S/C15H22FN3O2/c1-3-12(17)15(20)19-8-6-18(7-9-19)13-5-4-11(16)10-14(13)21-2/h4-5,10,12H,3,6-9,17H2,1-2H3/t12-/m0/s1. The molecule has 1 aromatic rings. The zero-order valence-corrected chi connectivity index (χ0v) is 12.5. The molecular weight excluding hydrogens is 273 g/mol. The van der Waals surface area contributed by atoms with Gasteiger partial charge in [0, 0.05) is 32.2 Å². The average Bonchev–Trinajstić information content (AvgIpc) is 2.53. The van der Waals surface area contributed by atoms with Crippen LogP contribution in [0.5, 0.6) is 5.75 Å². The number of halogens is 1. The Balaban J connectivity index is 2.03. The Kier molecular flexibility index (Phi) is 5.01.